The molecule has 1 aromatic carbocycles. The Labute approximate surface area is 94.4 Å². The minimum Gasteiger partial charge on any atom is -0.326 e. The minimum atomic E-state index is 0. The summed E-state index contributed by atoms with van der Waals surface area (Å²) in [6.07, 6.45) is 0. The molecule has 74 valence electrons. The van der Waals surface area contributed by atoms with E-state index in [-0.39, 0.29) is 12.4 Å². The van der Waals surface area contributed by atoms with E-state index in [0.717, 1.165) is 16.3 Å². The lowest BCUT2D eigenvalue weighted by Gasteiger charge is -2.05. The fourth-order valence-electron chi connectivity index (χ4n) is 1.00. The van der Waals surface area contributed by atoms with Gasteiger partial charge >= 0.3 is 0 Å². The van der Waals surface area contributed by atoms with Crippen molar-refractivity contribution in [3.8, 4) is 0 Å². The van der Waals surface area contributed by atoms with Crippen LogP contribution in [0.5, 0.6) is 0 Å². The third-order valence-corrected chi connectivity index (χ3v) is 2.78. The smallest absolute Gasteiger partial charge is 0.0410 e. The summed E-state index contributed by atoms with van der Waals surface area (Å²) in [6.45, 7) is 2.68. The van der Waals surface area contributed by atoms with Crippen LogP contribution in [0, 0.1) is 0 Å². The Morgan fingerprint density at radius 2 is 2.15 bits per heavy atom. The Bertz CT molecular complexity index is 266. The van der Waals surface area contributed by atoms with Crippen molar-refractivity contribution < 1.29 is 0 Å². The van der Waals surface area contributed by atoms with Crippen LogP contribution in [-0.4, -0.2) is 5.75 Å². The van der Waals surface area contributed by atoms with Crippen LogP contribution in [-0.2, 0) is 6.54 Å². The van der Waals surface area contributed by atoms with Crippen LogP contribution in [0.4, 0.5) is 0 Å². The van der Waals surface area contributed by atoms with Crippen LogP contribution in [0.2, 0.25) is 5.02 Å². The van der Waals surface area contributed by atoms with Gasteiger partial charge in [0.25, 0.3) is 0 Å². The quantitative estimate of drug-likeness (QED) is 0.817. The van der Waals surface area contributed by atoms with E-state index >= 15 is 0 Å². The van der Waals surface area contributed by atoms with Crippen LogP contribution < -0.4 is 5.73 Å². The lowest BCUT2D eigenvalue weighted by Crippen LogP contribution is -1.98. The van der Waals surface area contributed by atoms with Crippen LogP contribution in [0.25, 0.3) is 0 Å². The molecule has 0 aliphatic heterocycles. The van der Waals surface area contributed by atoms with Gasteiger partial charge < -0.3 is 5.73 Å². The molecule has 0 radical (unpaired) electrons. The zero-order valence-corrected chi connectivity index (χ0v) is 9.81. The molecule has 1 aromatic rings. The van der Waals surface area contributed by atoms with Gasteiger partial charge in [0.05, 0.1) is 0 Å². The highest BCUT2D eigenvalue weighted by Crippen LogP contribution is 2.24. The third kappa shape index (κ3) is 3.77. The molecule has 0 atom stereocenters. The lowest BCUT2D eigenvalue weighted by molar-refractivity contribution is 1.03. The molecular weight excluding hydrogens is 225 g/mol. The van der Waals surface area contributed by atoms with Crippen LogP contribution >= 0.6 is 35.8 Å². The summed E-state index contributed by atoms with van der Waals surface area (Å²) in [5.41, 5.74) is 6.71. The van der Waals surface area contributed by atoms with Gasteiger partial charge in [-0.05, 0) is 29.5 Å². The number of hydrogen-bond donors (Lipinski definition) is 1. The predicted octanol–water partition coefficient (Wildman–Crippen LogP) is 3.33. The van der Waals surface area contributed by atoms with Crippen molar-refractivity contribution in [1.29, 1.82) is 0 Å². The molecule has 0 saturated carbocycles. The Kier molecular flexibility index (Phi) is 6.60. The van der Waals surface area contributed by atoms with Gasteiger partial charge in [-0.3, -0.25) is 0 Å². The highest BCUT2D eigenvalue weighted by molar-refractivity contribution is 7.99. The number of nitrogens with two attached hydrogens (primary N) is 1. The second kappa shape index (κ2) is 6.55. The molecule has 0 fully saturated rings. The number of halogens is 2. The van der Waals surface area contributed by atoms with Gasteiger partial charge in [-0.25, -0.2) is 0 Å². The van der Waals surface area contributed by atoms with E-state index in [2.05, 4.69) is 6.92 Å². The number of rotatable bonds is 3. The molecule has 0 bridgehead atoms. The van der Waals surface area contributed by atoms with Crippen LogP contribution in [0.1, 0.15) is 12.5 Å². The third-order valence-electron chi connectivity index (χ3n) is 1.54. The fraction of sp³-hybridized carbons (Fsp3) is 0.333. The van der Waals surface area contributed by atoms with Gasteiger partial charge in [-0.2, -0.15) is 0 Å². The molecule has 0 spiro atoms. The predicted molar refractivity (Wildman–Crippen MR) is 63.0 cm³/mol. The zero-order valence-electron chi connectivity index (χ0n) is 7.42. The van der Waals surface area contributed by atoms with Gasteiger partial charge in [-0.1, -0.05) is 18.5 Å². The molecule has 2 N–H and O–H groups in total. The number of benzene rings is 1. The van der Waals surface area contributed by atoms with Gasteiger partial charge in [0.15, 0.2) is 0 Å². The van der Waals surface area contributed by atoms with E-state index in [4.69, 9.17) is 17.3 Å². The topological polar surface area (TPSA) is 26.0 Å². The van der Waals surface area contributed by atoms with Gasteiger partial charge in [0.2, 0.25) is 0 Å². The first-order valence-electron chi connectivity index (χ1n) is 3.89. The Balaban J connectivity index is 0.00000144. The van der Waals surface area contributed by atoms with Crippen molar-refractivity contribution in [3.05, 3.63) is 28.8 Å². The van der Waals surface area contributed by atoms with Crippen LogP contribution in [0.3, 0.4) is 0 Å². The molecule has 0 aliphatic rings. The second-order valence-electron chi connectivity index (χ2n) is 2.39. The van der Waals surface area contributed by atoms with Crippen molar-refractivity contribution in [2.75, 3.05) is 5.75 Å². The summed E-state index contributed by atoms with van der Waals surface area (Å²) in [4.78, 5) is 1.24. The summed E-state index contributed by atoms with van der Waals surface area (Å²) in [5, 5.41) is 0.760. The summed E-state index contributed by atoms with van der Waals surface area (Å²) in [6, 6.07) is 5.86. The monoisotopic (exact) mass is 237 g/mol. The maximum atomic E-state index is 5.83. The van der Waals surface area contributed by atoms with E-state index in [0.29, 0.717) is 6.54 Å². The molecule has 1 nitrogen and oxygen atoms in total. The first-order valence-corrected chi connectivity index (χ1v) is 5.25. The number of thioether (sulfide) groups is 1. The van der Waals surface area contributed by atoms with E-state index in [1.165, 1.54) is 4.90 Å². The molecule has 0 saturated heterocycles. The maximum absolute atomic E-state index is 5.83. The normalized spacial score (nSPS) is 9.46. The first-order chi connectivity index (χ1) is 5.77. The molecule has 0 aromatic heterocycles. The molecular formula is C9H13Cl2NS. The van der Waals surface area contributed by atoms with E-state index in [9.17, 15) is 0 Å². The molecule has 0 aliphatic carbocycles. The Hall–Kier alpha value is 0.110. The first kappa shape index (κ1) is 13.1. The molecule has 1 rings (SSSR count). The summed E-state index contributed by atoms with van der Waals surface area (Å²) in [7, 11) is 0. The minimum absolute atomic E-state index is 0. The van der Waals surface area contributed by atoms with E-state index < -0.39 is 0 Å². The Morgan fingerprint density at radius 3 is 2.69 bits per heavy atom. The largest absolute Gasteiger partial charge is 0.326 e. The molecule has 13 heavy (non-hydrogen) atoms. The molecule has 4 heteroatoms. The highest BCUT2D eigenvalue weighted by atomic mass is 35.5. The van der Waals surface area contributed by atoms with Gasteiger partial charge in [-0.15, -0.1) is 24.2 Å². The standard InChI is InChI=1S/C9H12ClNS.ClH/c1-2-12-9-4-3-8(10)5-7(9)6-11;/h3-5H,2,6,11H2,1H3;1H. The van der Waals surface area contributed by atoms with Crippen molar-refractivity contribution >= 4 is 35.8 Å². The SMILES string of the molecule is CCSc1ccc(Cl)cc1CN.Cl. The highest BCUT2D eigenvalue weighted by Gasteiger charge is 2.00. The molecule has 0 heterocycles. The van der Waals surface area contributed by atoms with Crippen LogP contribution in [0.15, 0.2) is 23.1 Å². The van der Waals surface area contributed by atoms with Gasteiger partial charge in [0.1, 0.15) is 0 Å². The number of hydrogen-bond acceptors (Lipinski definition) is 2. The van der Waals surface area contributed by atoms with E-state index in [1.54, 1.807) is 11.8 Å². The van der Waals surface area contributed by atoms with Gasteiger partial charge in [0, 0.05) is 16.5 Å². The van der Waals surface area contributed by atoms with Crippen molar-refractivity contribution in [3.63, 3.8) is 0 Å². The Morgan fingerprint density at radius 1 is 1.46 bits per heavy atom. The maximum Gasteiger partial charge on any atom is 0.0410 e. The average molecular weight is 238 g/mol. The van der Waals surface area contributed by atoms with E-state index in [1.807, 2.05) is 18.2 Å². The van der Waals surface area contributed by atoms with Crippen molar-refractivity contribution in [2.45, 2.75) is 18.4 Å². The average Bonchev–Trinajstić information content (AvgIpc) is 2.08. The summed E-state index contributed by atoms with van der Waals surface area (Å²) < 4.78 is 0. The molecule has 0 amide bonds. The fourth-order valence-corrected chi connectivity index (χ4v) is 2.00. The molecule has 0 unspecified atom stereocenters. The zero-order chi connectivity index (χ0) is 8.97. The van der Waals surface area contributed by atoms with Crippen molar-refractivity contribution in [2.24, 2.45) is 5.73 Å². The lowest BCUT2D eigenvalue weighted by atomic mass is 10.2. The van der Waals surface area contributed by atoms with Crippen molar-refractivity contribution in [1.82, 2.24) is 0 Å². The second-order valence-corrected chi connectivity index (χ2v) is 4.13. The summed E-state index contributed by atoms with van der Waals surface area (Å²) >= 11 is 7.63. The summed E-state index contributed by atoms with van der Waals surface area (Å²) in [5.74, 6) is 1.06.